The first-order chi connectivity index (χ1) is 9.08. The summed E-state index contributed by atoms with van der Waals surface area (Å²) in [5, 5.41) is 28.1. The molecule has 0 fully saturated rings. The van der Waals surface area contributed by atoms with Crippen molar-refractivity contribution < 1.29 is 20.1 Å². The standard InChI is InChI=1S/C15H14O4/c16-12-8-11(14(15(18)19)13(17)9-12)7-6-10-4-2-1-3-5-10/h1-5,8-9,16-17H,6-7H2,(H,18,19). The Hall–Kier alpha value is -2.49. The number of phenols is 2. The van der Waals surface area contributed by atoms with E-state index in [-0.39, 0.29) is 11.3 Å². The molecule has 0 amide bonds. The lowest BCUT2D eigenvalue weighted by molar-refractivity contribution is 0.0692. The first kappa shape index (κ1) is 13.0. The highest BCUT2D eigenvalue weighted by atomic mass is 16.4. The van der Waals surface area contributed by atoms with Crippen molar-refractivity contribution >= 4 is 5.97 Å². The first-order valence-corrected chi connectivity index (χ1v) is 5.90. The lowest BCUT2D eigenvalue weighted by Gasteiger charge is -2.09. The predicted molar refractivity (Wildman–Crippen MR) is 70.6 cm³/mol. The highest BCUT2D eigenvalue weighted by molar-refractivity contribution is 5.92. The van der Waals surface area contributed by atoms with Crippen LogP contribution < -0.4 is 0 Å². The van der Waals surface area contributed by atoms with Crippen LogP contribution in [0.3, 0.4) is 0 Å². The molecule has 0 unspecified atom stereocenters. The van der Waals surface area contributed by atoms with E-state index < -0.39 is 11.7 Å². The molecular formula is C15H14O4. The zero-order valence-electron chi connectivity index (χ0n) is 10.2. The summed E-state index contributed by atoms with van der Waals surface area (Å²) in [7, 11) is 0. The molecule has 2 aromatic rings. The van der Waals surface area contributed by atoms with E-state index in [0.29, 0.717) is 18.4 Å². The summed E-state index contributed by atoms with van der Waals surface area (Å²) >= 11 is 0. The topological polar surface area (TPSA) is 77.8 Å². The lowest BCUT2D eigenvalue weighted by Crippen LogP contribution is -2.04. The molecule has 0 atom stereocenters. The van der Waals surface area contributed by atoms with Crippen molar-refractivity contribution in [3.8, 4) is 11.5 Å². The summed E-state index contributed by atoms with van der Waals surface area (Å²) in [6, 6.07) is 12.0. The van der Waals surface area contributed by atoms with Gasteiger partial charge in [-0.2, -0.15) is 0 Å². The van der Waals surface area contributed by atoms with Crippen LogP contribution in [-0.2, 0) is 12.8 Å². The Kier molecular flexibility index (Phi) is 3.71. The second kappa shape index (κ2) is 5.44. The molecule has 19 heavy (non-hydrogen) atoms. The monoisotopic (exact) mass is 258 g/mol. The van der Waals surface area contributed by atoms with E-state index in [1.54, 1.807) is 0 Å². The summed E-state index contributed by atoms with van der Waals surface area (Å²) in [5.41, 5.74) is 1.35. The number of carbonyl (C=O) groups is 1. The van der Waals surface area contributed by atoms with Crippen LogP contribution in [0, 0.1) is 0 Å². The molecule has 0 heterocycles. The summed E-state index contributed by atoms with van der Waals surface area (Å²) in [6.07, 6.45) is 1.08. The Morgan fingerprint density at radius 3 is 2.32 bits per heavy atom. The van der Waals surface area contributed by atoms with Gasteiger partial charge in [0.1, 0.15) is 17.1 Å². The second-order valence-electron chi connectivity index (χ2n) is 4.29. The van der Waals surface area contributed by atoms with Crippen LogP contribution in [0.1, 0.15) is 21.5 Å². The van der Waals surface area contributed by atoms with Crippen molar-refractivity contribution in [1.82, 2.24) is 0 Å². The number of aryl methyl sites for hydroxylation is 2. The van der Waals surface area contributed by atoms with Crippen LogP contribution >= 0.6 is 0 Å². The van der Waals surface area contributed by atoms with Gasteiger partial charge in [-0.15, -0.1) is 0 Å². The smallest absolute Gasteiger partial charge is 0.339 e. The maximum absolute atomic E-state index is 11.1. The molecule has 0 bridgehead atoms. The molecule has 0 spiro atoms. The quantitative estimate of drug-likeness (QED) is 0.787. The zero-order chi connectivity index (χ0) is 13.8. The van der Waals surface area contributed by atoms with Gasteiger partial charge in [-0.25, -0.2) is 4.79 Å². The number of aromatic hydroxyl groups is 2. The number of carboxylic acid groups (broad SMARTS) is 1. The highest BCUT2D eigenvalue weighted by Gasteiger charge is 2.16. The van der Waals surface area contributed by atoms with Crippen LogP contribution in [0.15, 0.2) is 42.5 Å². The molecule has 2 rings (SSSR count). The number of rotatable bonds is 4. The molecule has 4 nitrogen and oxygen atoms in total. The van der Waals surface area contributed by atoms with E-state index in [4.69, 9.17) is 5.11 Å². The average molecular weight is 258 g/mol. The third-order valence-corrected chi connectivity index (χ3v) is 2.92. The van der Waals surface area contributed by atoms with Crippen molar-refractivity contribution in [3.63, 3.8) is 0 Å². The highest BCUT2D eigenvalue weighted by Crippen LogP contribution is 2.28. The van der Waals surface area contributed by atoms with Gasteiger partial charge in [-0.05, 0) is 30.0 Å². The molecule has 0 aromatic heterocycles. The maximum atomic E-state index is 11.1. The third-order valence-electron chi connectivity index (χ3n) is 2.92. The van der Waals surface area contributed by atoms with Crippen LogP contribution in [0.4, 0.5) is 0 Å². The van der Waals surface area contributed by atoms with Gasteiger partial charge in [-0.3, -0.25) is 0 Å². The Morgan fingerprint density at radius 2 is 1.68 bits per heavy atom. The minimum absolute atomic E-state index is 0.134. The molecule has 3 N–H and O–H groups in total. The Morgan fingerprint density at radius 1 is 1.00 bits per heavy atom. The van der Waals surface area contributed by atoms with Crippen LogP contribution in [0.5, 0.6) is 11.5 Å². The normalized spacial score (nSPS) is 10.3. The number of hydrogen-bond acceptors (Lipinski definition) is 3. The minimum atomic E-state index is -1.19. The molecule has 0 saturated heterocycles. The molecule has 0 saturated carbocycles. The van der Waals surface area contributed by atoms with Crippen molar-refractivity contribution in [2.24, 2.45) is 0 Å². The van der Waals surface area contributed by atoms with E-state index in [9.17, 15) is 15.0 Å². The van der Waals surface area contributed by atoms with Crippen molar-refractivity contribution in [1.29, 1.82) is 0 Å². The number of aromatic carboxylic acids is 1. The summed E-state index contributed by atoms with van der Waals surface area (Å²) < 4.78 is 0. The largest absolute Gasteiger partial charge is 0.508 e. The van der Waals surface area contributed by atoms with Crippen LogP contribution in [-0.4, -0.2) is 21.3 Å². The minimum Gasteiger partial charge on any atom is -0.508 e. The maximum Gasteiger partial charge on any atom is 0.339 e. The van der Waals surface area contributed by atoms with E-state index in [1.165, 1.54) is 6.07 Å². The SMILES string of the molecule is O=C(O)c1c(O)cc(O)cc1CCc1ccccc1. The van der Waals surface area contributed by atoms with Gasteiger partial charge in [0.05, 0.1) is 0 Å². The molecule has 0 aliphatic rings. The molecule has 0 aliphatic carbocycles. The first-order valence-electron chi connectivity index (χ1n) is 5.90. The molecule has 0 aliphatic heterocycles. The van der Waals surface area contributed by atoms with Gasteiger partial charge < -0.3 is 15.3 Å². The molecular weight excluding hydrogens is 244 g/mol. The van der Waals surface area contributed by atoms with E-state index in [0.717, 1.165) is 11.6 Å². The van der Waals surface area contributed by atoms with Gasteiger partial charge in [-0.1, -0.05) is 30.3 Å². The molecule has 4 heteroatoms. The number of hydrogen-bond donors (Lipinski definition) is 3. The summed E-state index contributed by atoms with van der Waals surface area (Å²) in [6.45, 7) is 0. The number of carboxylic acids is 1. The predicted octanol–water partition coefficient (Wildman–Crippen LogP) is 2.58. The lowest BCUT2D eigenvalue weighted by atomic mass is 9.98. The van der Waals surface area contributed by atoms with Gasteiger partial charge in [0.25, 0.3) is 0 Å². The Balaban J connectivity index is 2.27. The van der Waals surface area contributed by atoms with Crippen molar-refractivity contribution in [3.05, 3.63) is 59.2 Å². The Bertz CT molecular complexity index is 591. The third kappa shape index (κ3) is 3.04. The van der Waals surface area contributed by atoms with Crippen LogP contribution in [0.25, 0.3) is 0 Å². The number of benzene rings is 2. The fraction of sp³-hybridized carbons (Fsp3) is 0.133. The van der Waals surface area contributed by atoms with Crippen molar-refractivity contribution in [2.45, 2.75) is 12.8 Å². The Labute approximate surface area is 110 Å². The molecule has 2 aromatic carbocycles. The zero-order valence-corrected chi connectivity index (χ0v) is 10.2. The fourth-order valence-corrected chi connectivity index (χ4v) is 2.04. The molecule has 98 valence electrons. The summed E-state index contributed by atoms with van der Waals surface area (Å²) in [5.74, 6) is -1.73. The van der Waals surface area contributed by atoms with Gasteiger partial charge >= 0.3 is 5.97 Å². The van der Waals surface area contributed by atoms with Gasteiger partial charge in [0.2, 0.25) is 0 Å². The van der Waals surface area contributed by atoms with E-state index in [2.05, 4.69) is 0 Å². The van der Waals surface area contributed by atoms with Gasteiger partial charge in [0.15, 0.2) is 0 Å². The van der Waals surface area contributed by atoms with Crippen molar-refractivity contribution in [2.75, 3.05) is 0 Å². The fourth-order valence-electron chi connectivity index (χ4n) is 2.04. The second-order valence-corrected chi connectivity index (χ2v) is 4.29. The van der Waals surface area contributed by atoms with E-state index in [1.807, 2.05) is 30.3 Å². The van der Waals surface area contributed by atoms with Crippen LogP contribution in [0.2, 0.25) is 0 Å². The number of phenolic OH excluding ortho intramolecular Hbond substituents is 1. The molecule has 0 radical (unpaired) electrons. The summed E-state index contributed by atoms with van der Waals surface area (Å²) in [4.78, 5) is 11.1. The van der Waals surface area contributed by atoms with Gasteiger partial charge in [0, 0.05) is 6.07 Å². The van der Waals surface area contributed by atoms with E-state index >= 15 is 0 Å². The average Bonchev–Trinajstić information content (AvgIpc) is 2.36.